The number of amides is 2. The van der Waals surface area contributed by atoms with Gasteiger partial charge in [-0.1, -0.05) is 49.2 Å². The molecule has 1 heterocycles. The van der Waals surface area contributed by atoms with E-state index in [-0.39, 0.29) is 36.8 Å². The average molecular weight is 390 g/mol. The lowest BCUT2D eigenvalue weighted by Gasteiger charge is -2.25. The zero-order valence-corrected chi connectivity index (χ0v) is 16.3. The molecule has 1 aliphatic heterocycles. The highest BCUT2D eigenvalue weighted by molar-refractivity contribution is 5.86. The Morgan fingerprint density at radius 1 is 1.07 bits per heavy atom. The molecule has 146 valence electrons. The van der Waals surface area contributed by atoms with Crippen molar-refractivity contribution in [3.63, 3.8) is 0 Å². The van der Waals surface area contributed by atoms with Gasteiger partial charge in [-0.05, 0) is 35.2 Å². The highest BCUT2D eigenvalue weighted by Gasteiger charge is 2.20. The molecule has 1 aliphatic rings. The van der Waals surface area contributed by atoms with Crippen LogP contribution in [0.1, 0.15) is 43.7 Å². The van der Waals surface area contributed by atoms with E-state index in [1.54, 1.807) is 4.90 Å². The number of halogens is 1. The molecular formula is C21H28ClN3O2. The third-order valence-electron chi connectivity index (χ3n) is 5.00. The summed E-state index contributed by atoms with van der Waals surface area (Å²) < 4.78 is 0. The molecule has 1 atom stereocenters. The Bertz CT molecular complexity index is 781. The minimum atomic E-state index is -0.253. The van der Waals surface area contributed by atoms with E-state index in [0.29, 0.717) is 19.5 Å². The van der Waals surface area contributed by atoms with Crippen LogP contribution in [0.25, 0.3) is 10.8 Å². The molecule has 3 N–H and O–H groups in total. The summed E-state index contributed by atoms with van der Waals surface area (Å²) in [5.74, 6) is -0.0719. The van der Waals surface area contributed by atoms with E-state index in [1.165, 1.54) is 0 Å². The Kier molecular flexibility index (Phi) is 8.07. The van der Waals surface area contributed by atoms with Crippen molar-refractivity contribution < 1.29 is 9.59 Å². The summed E-state index contributed by atoms with van der Waals surface area (Å²) in [5.41, 5.74) is 6.89. The second-order valence-corrected chi connectivity index (χ2v) is 6.94. The molecule has 1 fully saturated rings. The number of hydrogen-bond donors (Lipinski definition) is 2. The van der Waals surface area contributed by atoms with Crippen LogP contribution in [0.5, 0.6) is 0 Å². The Balaban J connectivity index is 0.00000261. The van der Waals surface area contributed by atoms with Crippen LogP contribution >= 0.6 is 12.4 Å². The number of nitrogens with zero attached hydrogens (tertiary/aromatic N) is 1. The van der Waals surface area contributed by atoms with Gasteiger partial charge >= 0.3 is 0 Å². The lowest BCUT2D eigenvalue weighted by molar-refractivity contribution is -0.136. The zero-order valence-electron chi connectivity index (χ0n) is 15.5. The molecule has 0 aliphatic carbocycles. The van der Waals surface area contributed by atoms with Gasteiger partial charge in [0.15, 0.2) is 0 Å². The summed E-state index contributed by atoms with van der Waals surface area (Å²) in [5, 5.41) is 5.27. The van der Waals surface area contributed by atoms with Gasteiger partial charge in [0.25, 0.3) is 0 Å². The van der Waals surface area contributed by atoms with Crippen molar-refractivity contribution in [3.8, 4) is 0 Å². The van der Waals surface area contributed by atoms with Gasteiger partial charge in [-0.3, -0.25) is 9.59 Å². The lowest BCUT2D eigenvalue weighted by atomic mass is 10.0. The first-order valence-electron chi connectivity index (χ1n) is 9.43. The summed E-state index contributed by atoms with van der Waals surface area (Å²) in [6, 6.07) is 14.0. The molecular weight excluding hydrogens is 362 g/mol. The standard InChI is InChI=1S/C21H27N3O2.ClH/c22-14-19(18-11-10-16-7-4-5-8-17(16)13-18)23-20(25)15-24-12-6-2-1-3-9-21(24)26;/h4-5,7-8,10-11,13,19H,1-3,6,9,12,14-15,22H2,(H,23,25);1H. The molecule has 2 amide bonds. The summed E-state index contributed by atoms with van der Waals surface area (Å²) in [6.07, 6.45) is 4.64. The molecule has 1 saturated heterocycles. The molecule has 2 aromatic rings. The topological polar surface area (TPSA) is 75.4 Å². The number of likely N-dealkylation sites (tertiary alicyclic amines) is 1. The molecule has 27 heavy (non-hydrogen) atoms. The summed E-state index contributed by atoms with van der Waals surface area (Å²) >= 11 is 0. The minimum absolute atomic E-state index is 0. The Labute approximate surface area is 166 Å². The van der Waals surface area contributed by atoms with E-state index < -0.39 is 0 Å². The minimum Gasteiger partial charge on any atom is -0.346 e. The maximum atomic E-state index is 12.5. The van der Waals surface area contributed by atoms with Crippen LogP contribution < -0.4 is 11.1 Å². The van der Waals surface area contributed by atoms with Gasteiger partial charge in [0.2, 0.25) is 11.8 Å². The predicted octanol–water partition coefficient (Wildman–Crippen LogP) is 3.17. The normalized spacial score (nSPS) is 16.2. The molecule has 0 bridgehead atoms. The fourth-order valence-electron chi connectivity index (χ4n) is 3.50. The SMILES string of the molecule is Cl.NCC(NC(=O)CN1CCCCCCC1=O)c1ccc2ccccc2c1. The highest BCUT2D eigenvalue weighted by atomic mass is 35.5. The van der Waals surface area contributed by atoms with Crippen LogP contribution in [0.3, 0.4) is 0 Å². The molecule has 0 radical (unpaired) electrons. The molecule has 1 unspecified atom stereocenters. The summed E-state index contributed by atoms with van der Waals surface area (Å²) in [6.45, 7) is 1.09. The molecule has 0 saturated carbocycles. The quantitative estimate of drug-likeness (QED) is 0.824. The number of carbonyl (C=O) groups is 2. The van der Waals surface area contributed by atoms with Crippen LogP contribution in [0, 0.1) is 0 Å². The number of carbonyl (C=O) groups excluding carboxylic acids is 2. The van der Waals surface area contributed by atoms with Crippen molar-refractivity contribution >= 4 is 35.0 Å². The van der Waals surface area contributed by atoms with Gasteiger partial charge in [0.1, 0.15) is 0 Å². The highest BCUT2D eigenvalue weighted by Crippen LogP contribution is 2.20. The third-order valence-corrected chi connectivity index (χ3v) is 5.00. The van der Waals surface area contributed by atoms with Gasteiger partial charge in [0.05, 0.1) is 12.6 Å². The number of rotatable bonds is 5. The van der Waals surface area contributed by atoms with Crippen LogP contribution in [-0.2, 0) is 9.59 Å². The third kappa shape index (κ3) is 5.68. The maximum absolute atomic E-state index is 12.5. The van der Waals surface area contributed by atoms with Crippen molar-refractivity contribution in [2.24, 2.45) is 5.73 Å². The van der Waals surface area contributed by atoms with Crippen molar-refractivity contribution in [2.45, 2.75) is 38.1 Å². The molecule has 0 aromatic heterocycles. The predicted molar refractivity (Wildman–Crippen MR) is 111 cm³/mol. The number of nitrogens with two attached hydrogens (primary N) is 1. The number of hydrogen-bond acceptors (Lipinski definition) is 3. The van der Waals surface area contributed by atoms with E-state index in [2.05, 4.69) is 17.4 Å². The number of benzene rings is 2. The fraction of sp³-hybridized carbons (Fsp3) is 0.429. The first-order valence-corrected chi connectivity index (χ1v) is 9.43. The van der Waals surface area contributed by atoms with Crippen LogP contribution in [-0.4, -0.2) is 36.3 Å². The summed E-state index contributed by atoms with van der Waals surface area (Å²) in [4.78, 5) is 26.4. The monoisotopic (exact) mass is 389 g/mol. The van der Waals surface area contributed by atoms with E-state index in [1.807, 2.05) is 30.3 Å². The maximum Gasteiger partial charge on any atom is 0.240 e. The van der Waals surface area contributed by atoms with Gasteiger partial charge in [-0.15, -0.1) is 12.4 Å². The van der Waals surface area contributed by atoms with Crippen molar-refractivity contribution in [2.75, 3.05) is 19.6 Å². The van der Waals surface area contributed by atoms with Crippen LogP contribution in [0.15, 0.2) is 42.5 Å². The van der Waals surface area contributed by atoms with E-state index in [0.717, 1.165) is 42.0 Å². The van der Waals surface area contributed by atoms with Crippen LogP contribution in [0.2, 0.25) is 0 Å². The fourth-order valence-corrected chi connectivity index (χ4v) is 3.50. The zero-order chi connectivity index (χ0) is 18.4. The Morgan fingerprint density at radius 2 is 1.81 bits per heavy atom. The van der Waals surface area contributed by atoms with E-state index in [4.69, 9.17) is 5.73 Å². The van der Waals surface area contributed by atoms with Gasteiger partial charge in [-0.25, -0.2) is 0 Å². The smallest absolute Gasteiger partial charge is 0.240 e. The van der Waals surface area contributed by atoms with Gasteiger partial charge < -0.3 is 16.0 Å². The molecule has 3 rings (SSSR count). The van der Waals surface area contributed by atoms with E-state index in [9.17, 15) is 9.59 Å². The molecule has 0 spiro atoms. The van der Waals surface area contributed by atoms with Crippen LogP contribution in [0.4, 0.5) is 0 Å². The van der Waals surface area contributed by atoms with Crippen molar-refractivity contribution in [3.05, 3.63) is 48.0 Å². The average Bonchev–Trinajstić information content (AvgIpc) is 2.65. The van der Waals surface area contributed by atoms with E-state index >= 15 is 0 Å². The first-order chi connectivity index (χ1) is 12.7. The van der Waals surface area contributed by atoms with Crippen molar-refractivity contribution in [1.29, 1.82) is 0 Å². The first kappa shape index (κ1) is 21.2. The Morgan fingerprint density at radius 3 is 2.59 bits per heavy atom. The number of fused-ring (bicyclic) bond motifs is 1. The lowest BCUT2D eigenvalue weighted by Crippen LogP contribution is -2.43. The largest absolute Gasteiger partial charge is 0.346 e. The molecule has 2 aromatic carbocycles. The number of nitrogens with one attached hydrogen (secondary N) is 1. The van der Waals surface area contributed by atoms with Crippen molar-refractivity contribution in [1.82, 2.24) is 10.2 Å². The summed E-state index contributed by atoms with van der Waals surface area (Å²) in [7, 11) is 0. The second kappa shape index (κ2) is 10.3. The Hall–Kier alpha value is -2.11. The molecule has 6 heteroatoms. The second-order valence-electron chi connectivity index (χ2n) is 6.94. The molecule has 5 nitrogen and oxygen atoms in total. The van der Waals surface area contributed by atoms with Gasteiger partial charge in [0, 0.05) is 19.5 Å². The van der Waals surface area contributed by atoms with Gasteiger partial charge in [-0.2, -0.15) is 0 Å².